The molecule has 0 spiro atoms. The lowest BCUT2D eigenvalue weighted by Gasteiger charge is -2.07. The van der Waals surface area contributed by atoms with Crippen LogP contribution in [0.5, 0.6) is 0 Å². The van der Waals surface area contributed by atoms with E-state index in [-0.39, 0.29) is 18.1 Å². The van der Waals surface area contributed by atoms with Gasteiger partial charge in [-0.1, -0.05) is 6.92 Å². The summed E-state index contributed by atoms with van der Waals surface area (Å²) in [5.41, 5.74) is 1.94. The molecule has 1 aromatic carbocycles. The van der Waals surface area contributed by atoms with E-state index in [9.17, 15) is 13.9 Å². The van der Waals surface area contributed by atoms with Gasteiger partial charge in [0.15, 0.2) is 5.89 Å². The number of hydrogen-bond donors (Lipinski definition) is 2. The summed E-state index contributed by atoms with van der Waals surface area (Å²) in [5.74, 6) is -0.0175. The molecule has 4 aromatic rings. The van der Waals surface area contributed by atoms with Gasteiger partial charge >= 0.3 is 0 Å². The number of fused-ring (bicyclic) bond motifs is 1. The standard InChI is InChI=1S/C25H26F2N4O3/c1-3-33-12-14(2)10-20-28-19-7-6-18(29-23(19)34-20)22-21(16-5-4-15(26)11-17(16)27)30-24(31-22)25(13-32)8-9-25/h4-7,11,14,32H,3,8-10,12-13H2,1-2H3,(H,30,31)/t14-/m1/s1. The molecular weight excluding hydrogens is 442 g/mol. The van der Waals surface area contributed by atoms with Crippen molar-refractivity contribution in [1.82, 2.24) is 19.9 Å². The first-order valence-corrected chi connectivity index (χ1v) is 11.4. The average molecular weight is 469 g/mol. The molecule has 3 aromatic heterocycles. The summed E-state index contributed by atoms with van der Waals surface area (Å²) in [6, 6.07) is 6.94. The van der Waals surface area contributed by atoms with E-state index in [1.54, 1.807) is 12.1 Å². The minimum atomic E-state index is -0.723. The SMILES string of the molecule is CCOC[C@H](C)Cc1nc2ccc(-c3[nH]c(C4(CO)CC4)nc3-c3ccc(F)cc3F)nc2o1. The highest BCUT2D eigenvalue weighted by atomic mass is 19.1. The predicted octanol–water partition coefficient (Wildman–Crippen LogP) is 4.80. The first kappa shape index (κ1) is 22.6. The van der Waals surface area contributed by atoms with Gasteiger partial charge in [-0.05, 0) is 49.9 Å². The van der Waals surface area contributed by atoms with Crippen LogP contribution >= 0.6 is 0 Å². The lowest BCUT2D eigenvalue weighted by molar-refractivity contribution is 0.114. The second-order valence-corrected chi connectivity index (χ2v) is 8.97. The minimum Gasteiger partial charge on any atom is -0.422 e. The van der Waals surface area contributed by atoms with E-state index >= 15 is 0 Å². The molecule has 1 aliphatic rings. The number of rotatable bonds is 9. The maximum Gasteiger partial charge on any atom is 0.247 e. The van der Waals surface area contributed by atoms with Gasteiger partial charge in [0.2, 0.25) is 5.71 Å². The van der Waals surface area contributed by atoms with E-state index in [1.807, 2.05) is 6.92 Å². The molecule has 0 amide bonds. The molecular formula is C25H26F2N4O3. The zero-order valence-electron chi connectivity index (χ0n) is 19.1. The number of H-pyrrole nitrogens is 1. The van der Waals surface area contributed by atoms with Gasteiger partial charge in [-0.2, -0.15) is 0 Å². The Kier molecular flexibility index (Phi) is 5.91. The Balaban J connectivity index is 1.55. The Morgan fingerprint density at radius 2 is 2.00 bits per heavy atom. The highest BCUT2D eigenvalue weighted by Gasteiger charge is 2.47. The summed E-state index contributed by atoms with van der Waals surface area (Å²) >= 11 is 0. The third-order valence-corrected chi connectivity index (χ3v) is 6.23. The fraction of sp³-hybridized carbons (Fsp3) is 0.400. The summed E-state index contributed by atoms with van der Waals surface area (Å²) in [6.07, 6.45) is 2.17. The van der Waals surface area contributed by atoms with Gasteiger partial charge in [0, 0.05) is 31.3 Å². The van der Waals surface area contributed by atoms with Crippen molar-refractivity contribution in [2.24, 2.45) is 5.92 Å². The molecule has 1 fully saturated rings. The molecule has 3 heterocycles. The number of aliphatic hydroxyl groups is 1. The number of hydrogen-bond acceptors (Lipinski definition) is 6. The van der Waals surface area contributed by atoms with E-state index < -0.39 is 17.0 Å². The molecule has 0 bridgehead atoms. The van der Waals surface area contributed by atoms with Gasteiger partial charge in [-0.3, -0.25) is 0 Å². The van der Waals surface area contributed by atoms with E-state index in [0.29, 0.717) is 59.7 Å². The van der Waals surface area contributed by atoms with E-state index in [2.05, 4.69) is 26.9 Å². The molecule has 1 aliphatic carbocycles. The number of imidazole rings is 1. The van der Waals surface area contributed by atoms with Crippen LogP contribution in [0.25, 0.3) is 33.9 Å². The summed E-state index contributed by atoms with van der Waals surface area (Å²) < 4.78 is 39.6. The van der Waals surface area contributed by atoms with Crippen LogP contribution in [-0.4, -0.2) is 44.9 Å². The number of pyridine rings is 1. The van der Waals surface area contributed by atoms with Gasteiger partial charge in [-0.15, -0.1) is 0 Å². The first-order chi connectivity index (χ1) is 16.4. The topological polar surface area (TPSA) is 97.1 Å². The Hall–Kier alpha value is -3.17. The van der Waals surface area contributed by atoms with E-state index in [4.69, 9.17) is 9.15 Å². The number of aromatic amines is 1. The molecule has 178 valence electrons. The zero-order valence-corrected chi connectivity index (χ0v) is 19.1. The number of nitrogens with one attached hydrogen (secondary N) is 1. The number of benzene rings is 1. The highest BCUT2D eigenvalue weighted by Crippen LogP contribution is 2.48. The number of ether oxygens (including phenoxy) is 1. The molecule has 9 heteroatoms. The summed E-state index contributed by atoms with van der Waals surface area (Å²) in [6.45, 7) is 5.22. The number of oxazole rings is 1. The molecule has 0 saturated heterocycles. The van der Waals surface area contributed by atoms with E-state index in [0.717, 1.165) is 18.9 Å². The van der Waals surface area contributed by atoms with Crippen LogP contribution in [0.15, 0.2) is 34.7 Å². The Bertz CT molecular complexity index is 1330. The minimum absolute atomic E-state index is 0.0663. The van der Waals surface area contributed by atoms with Gasteiger partial charge in [0.1, 0.15) is 28.7 Å². The van der Waals surface area contributed by atoms with Crippen molar-refractivity contribution in [2.75, 3.05) is 19.8 Å². The van der Waals surface area contributed by atoms with Gasteiger partial charge in [0.05, 0.1) is 23.4 Å². The molecule has 34 heavy (non-hydrogen) atoms. The van der Waals surface area contributed by atoms with Crippen LogP contribution < -0.4 is 0 Å². The Morgan fingerprint density at radius 3 is 2.71 bits per heavy atom. The second-order valence-electron chi connectivity index (χ2n) is 8.97. The maximum atomic E-state index is 14.7. The molecule has 0 radical (unpaired) electrons. The van der Waals surface area contributed by atoms with Gasteiger partial charge in [0.25, 0.3) is 0 Å². The van der Waals surface area contributed by atoms with Crippen molar-refractivity contribution in [2.45, 2.75) is 38.5 Å². The predicted molar refractivity (Wildman–Crippen MR) is 122 cm³/mol. The highest BCUT2D eigenvalue weighted by molar-refractivity contribution is 5.80. The molecule has 2 N–H and O–H groups in total. The molecule has 7 nitrogen and oxygen atoms in total. The number of aliphatic hydroxyl groups excluding tert-OH is 1. The van der Waals surface area contributed by atoms with Crippen molar-refractivity contribution in [3.05, 3.63) is 53.7 Å². The van der Waals surface area contributed by atoms with Crippen molar-refractivity contribution >= 4 is 11.2 Å². The van der Waals surface area contributed by atoms with Crippen LogP contribution in [0.4, 0.5) is 8.78 Å². The Morgan fingerprint density at radius 1 is 1.18 bits per heavy atom. The number of aromatic nitrogens is 4. The summed E-state index contributed by atoms with van der Waals surface area (Å²) in [7, 11) is 0. The molecule has 5 rings (SSSR count). The zero-order chi connectivity index (χ0) is 23.9. The second kappa shape index (κ2) is 8.88. The smallest absolute Gasteiger partial charge is 0.247 e. The third-order valence-electron chi connectivity index (χ3n) is 6.23. The summed E-state index contributed by atoms with van der Waals surface area (Å²) in [5, 5.41) is 9.88. The van der Waals surface area contributed by atoms with E-state index in [1.165, 1.54) is 12.1 Å². The van der Waals surface area contributed by atoms with Crippen molar-refractivity contribution in [1.29, 1.82) is 0 Å². The first-order valence-electron chi connectivity index (χ1n) is 11.4. The fourth-order valence-electron chi connectivity index (χ4n) is 4.07. The average Bonchev–Trinajstić information content (AvgIpc) is 3.32. The fourth-order valence-corrected chi connectivity index (χ4v) is 4.07. The lowest BCUT2D eigenvalue weighted by Crippen LogP contribution is -2.13. The lowest BCUT2D eigenvalue weighted by atomic mass is 10.1. The largest absolute Gasteiger partial charge is 0.422 e. The van der Waals surface area contributed by atoms with Crippen molar-refractivity contribution < 1.29 is 23.0 Å². The van der Waals surface area contributed by atoms with Crippen molar-refractivity contribution in [3.63, 3.8) is 0 Å². The van der Waals surface area contributed by atoms with Gasteiger partial charge < -0.3 is 19.2 Å². The quantitative estimate of drug-likeness (QED) is 0.366. The van der Waals surface area contributed by atoms with Crippen molar-refractivity contribution in [3.8, 4) is 22.6 Å². The van der Waals surface area contributed by atoms with Crippen LogP contribution in [-0.2, 0) is 16.6 Å². The maximum absolute atomic E-state index is 14.7. The summed E-state index contributed by atoms with van der Waals surface area (Å²) in [4.78, 5) is 17.0. The van der Waals surface area contributed by atoms with Crippen LogP contribution in [0.1, 0.15) is 38.4 Å². The Labute approximate surface area is 195 Å². The molecule has 1 saturated carbocycles. The molecule has 0 unspecified atom stereocenters. The normalized spacial score (nSPS) is 15.7. The number of halogens is 2. The number of nitrogens with zero attached hydrogens (tertiary/aromatic N) is 3. The van der Waals surface area contributed by atoms with Gasteiger partial charge in [-0.25, -0.2) is 23.7 Å². The van der Waals surface area contributed by atoms with Crippen LogP contribution in [0, 0.1) is 17.6 Å². The molecule has 1 atom stereocenters. The van der Waals surface area contributed by atoms with Crippen LogP contribution in [0.3, 0.4) is 0 Å². The van der Waals surface area contributed by atoms with Crippen LogP contribution in [0.2, 0.25) is 0 Å². The monoisotopic (exact) mass is 468 g/mol. The third kappa shape index (κ3) is 4.21. The molecule has 0 aliphatic heterocycles.